The third-order valence-electron chi connectivity index (χ3n) is 10.3. The molecule has 1 aliphatic rings. The second kappa shape index (κ2) is 37.2. The molecule has 0 aromatic rings. The van der Waals surface area contributed by atoms with E-state index in [-0.39, 0.29) is 32.0 Å². The molecule has 0 amide bonds. The number of hydrogen-bond acceptors (Lipinski definition) is 10. The number of hydrogen-bond donors (Lipinski definition) is 4. The van der Waals surface area contributed by atoms with Crippen LogP contribution in [0.2, 0.25) is 0 Å². The van der Waals surface area contributed by atoms with Gasteiger partial charge in [0.2, 0.25) is 0 Å². The van der Waals surface area contributed by atoms with Crippen LogP contribution in [0.4, 0.5) is 0 Å². The van der Waals surface area contributed by atoms with Crippen LogP contribution in [0.15, 0.2) is 36.5 Å². The van der Waals surface area contributed by atoms with Gasteiger partial charge in [-0.1, -0.05) is 166 Å². The van der Waals surface area contributed by atoms with Crippen molar-refractivity contribution < 1.29 is 49.0 Å². The summed E-state index contributed by atoms with van der Waals surface area (Å²) in [7, 11) is 0. The molecule has 1 heterocycles. The summed E-state index contributed by atoms with van der Waals surface area (Å²) in [4.78, 5) is 25.3. The highest BCUT2D eigenvalue weighted by Gasteiger charge is 2.44. The molecule has 0 aliphatic carbocycles. The van der Waals surface area contributed by atoms with Crippen LogP contribution >= 0.6 is 0 Å². The Balaban J connectivity index is 2.37. The fraction of sp³-hybridized carbons (Fsp3) is 0.826. The lowest BCUT2D eigenvalue weighted by Gasteiger charge is -2.39. The Labute approximate surface area is 340 Å². The van der Waals surface area contributed by atoms with Crippen LogP contribution in [0.1, 0.15) is 187 Å². The maximum absolute atomic E-state index is 12.7. The van der Waals surface area contributed by atoms with Gasteiger partial charge >= 0.3 is 11.9 Å². The summed E-state index contributed by atoms with van der Waals surface area (Å²) in [5, 5.41) is 40.0. The predicted molar refractivity (Wildman–Crippen MR) is 224 cm³/mol. The summed E-state index contributed by atoms with van der Waals surface area (Å²) in [6.07, 6.45) is 34.4. The number of unbranched alkanes of at least 4 members (excludes halogenated alkanes) is 20. The zero-order chi connectivity index (χ0) is 40.9. The van der Waals surface area contributed by atoms with E-state index in [1.165, 1.54) is 109 Å². The number of rotatable bonds is 37. The second-order valence-corrected chi connectivity index (χ2v) is 15.5. The van der Waals surface area contributed by atoms with E-state index in [9.17, 15) is 30.0 Å². The zero-order valence-corrected chi connectivity index (χ0v) is 35.4. The van der Waals surface area contributed by atoms with Crippen LogP contribution in [0.3, 0.4) is 0 Å². The molecule has 0 saturated carbocycles. The largest absolute Gasteiger partial charge is 0.462 e. The number of carbonyl (C=O) groups is 2. The summed E-state index contributed by atoms with van der Waals surface area (Å²) >= 11 is 0. The van der Waals surface area contributed by atoms with Gasteiger partial charge in [0, 0.05) is 12.8 Å². The lowest BCUT2D eigenvalue weighted by atomic mass is 9.99. The van der Waals surface area contributed by atoms with Crippen molar-refractivity contribution in [2.24, 2.45) is 0 Å². The maximum atomic E-state index is 12.7. The molecule has 0 aromatic carbocycles. The number of aliphatic hydroxyl groups is 4. The molecule has 1 aliphatic heterocycles. The molecule has 0 radical (unpaired) electrons. The van der Waals surface area contributed by atoms with Gasteiger partial charge in [0.25, 0.3) is 0 Å². The van der Waals surface area contributed by atoms with Gasteiger partial charge in [-0.25, -0.2) is 0 Å². The lowest BCUT2D eigenvalue weighted by molar-refractivity contribution is -0.305. The Hall–Kier alpha value is -2.08. The Morgan fingerprint density at radius 2 is 1.02 bits per heavy atom. The molecule has 2 unspecified atom stereocenters. The average molecular weight is 795 g/mol. The highest BCUT2D eigenvalue weighted by Crippen LogP contribution is 2.22. The van der Waals surface area contributed by atoms with Crippen LogP contribution in [0.25, 0.3) is 0 Å². The first-order valence-corrected chi connectivity index (χ1v) is 22.6. The van der Waals surface area contributed by atoms with Gasteiger partial charge < -0.3 is 39.4 Å². The molecule has 56 heavy (non-hydrogen) atoms. The number of ether oxygens (including phenoxy) is 4. The minimum atomic E-state index is -1.60. The minimum Gasteiger partial charge on any atom is -0.462 e. The molecular weight excluding hydrogens is 712 g/mol. The van der Waals surface area contributed by atoms with Crippen molar-refractivity contribution in [3.8, 4) is 0 Å². The molecule has 1 saturated heterocycles. The summed E-state index contributed by atoms with van der Waals surface area (Å²) in [6, 6.07) is 0. The first kappa shape index (κ1) is 51.9. The summed E-state index contributed by atoms with van der Waals surface area (Å²) in [6.45, 7) is 3.37. The van der Waals surface area contributed by atoms with Gasteiger partial charge in [-0.05, 0) is 44.9 Å². The van der Waals surface area contributed by atoms with Gasteiger partial charge in [-0.3, -0.25) is 9.59 Å². The molecule has 1 fully saturated rings. The van der Waals surface area contributed by atoms with Crippen LogP contribution in [-0.2, 0) is 28.5 Å². The van der Waals surface area contributed by atoms with Crippen LogP contribution in [-0.4, -0.2) is 89.0 Å². The SMILES string of the molecule is CCCCCCCC/C=C/C/C=C/C/C=C/CCCC(=O)O[C@H](COC(=O)CCCCCCCCCCCCCCCC)CO[C@@H]1O[C@H](CO)[C@H](O)C(O)C1O. The topological polar surface area (TPSA) is 152 Å². The fourth-order valence-electron chi connectivity index (χ4n) is 6.67. The van der Waals surface area contributed by atoms with E-state index in [1.54, 1.807) is 0 Å². The normalized spacial score (nSPS) is 20.7. The molecule has 10 nitrogen and oxygen atoms in total. The highest BCUT2D eigenvalue weighted by atomic mass is 16.7. The molecule has 4 N–H and O–H groups in total. The smallest absolute Gasteiger partial charge is 0.306 e. The second-order valence-electron chi connectivity index (χ2n) is 15.5. The van der Waals surface area contributed by atoms with E-state index < -0.39 is 49.4 Å². The van der Waals surface area contributed by atoms with E-state index in [2.05, 4.69) is 44.2 Å². The Bertz CT molecular complexity index is 1010. The van der Waals surface area contributed by atoms with Gasteiger partial charge in [0.15, 0.2) is 12.4 Å². The van der Waals surface area contributed by atoms with Crippen molar-refractivity contribution in [1.29, 1.82) is 0 Å². The minimum absolute atomic E-state index is 0.160. The fourth-order valence-corrected chi connectivity index (χ4v) is 6.67. The van der Waals surface area contributed by atoms with Crippen molar-refractivity contribution in [2.75, 3.05) is 19.8 Å². The monoisotopic (exact) mass is 795 g/mol. The molecule has 326 valence electrons. The molecule has 0 aromatic heterocycles. The van der Waals surface area contributed by atoms with E-state index in [0.29, 0.717) is 12.8 Å². The van der Waals surface area contributed by atoms with Crippen molar-refractivity contribution in [3.05, 3.63) is 36.5 Å². The van der Waals surface area contributed by atoms with Crippen molar-refractivity contribution in [3.63, 3.8) is 0 Å². The molecule has 6 atom stereocenters. The van der Waals surface area contributed by atoms with Gasteiger partial charge in [-0.15, -0.1) is 0 Å². The Kier molecular flexibility index (Phi) is 34.5. The molecular formula is C46H82O10. The molecule has 10 heteroatoms. The van der Waals surface area contributed by atoms with E-state index in [4.69, 9.17) is 18.9 Å². The van der Waals surface area contributed by atoms with Crippen LogP contribution < -0.4 is 0 Å². The number of allylic oxidation sites excluding steroid dienone is 6. The first-order valence-electron chi connectivity index (χ1n) is 22.6. The predicted octanol–water partition coefficient (Wildman–Crippen LogP) is 9.50. The zero-order valence-electron chi connectivity index (χ0n) is 35.4. The average Bonchev–Trinajstić information content (AvgIpc) is 3.19. The quantitative estimate of drug-likeness (QED) is 0.0272. The third-order valence-corrected chi connectivity index (χ3v) is 10.3. The molecule has 1 rings (SSSR count). The van der Waals surface area contributed by atoms with E-state index >= 15 is 0 Å². The number of aliphatic hydroxyl groups excluding tert-OH is 4. The van der Waals surface area contributed by atoms with Crippen LogP contribution in [0, 0.1) is 0 Å². The lowest BCUT2D eigenvalue weighted by Crippen LogP contribution is -2.59. The maximum Gasteiger partial charge on any atom is 0.306 e. The van der Waals surface area contributed by atoms with Crippen molar-refractivity contribution in [1.82, 2.24) is 0 Å². The highest BCUT2D eigenvalue weighted by molar-refractivity contribution is 5.70. The van der Waals surface area contributed by atoms with Crippen LogP contribution in [0.5, 0.6) is 0 Å². The Morgan fingerprint density at radius 3 is 1.55 bits per heavy atom. The number of esters is 2. The molecule has 0 bridgehead atoms. The van der Waals surface area contributed by atoms with Gasteiger partial charge in [0.1, 0.15) is 31.0 Å². The molecule has 0 spiro atoms. The standard InChI is InChI=1S/C46H82O10/c1-3-5-7-9-11-13-15-17-19-20-21-23-25-27-29-31-33-35-42(49)55-39(38-54-46-45(52)44(51)43(50)40(36-47)56-46)37-53-41(48)34-32-30-28-26-24-22-18-16-14-12-10-8-6-4-2/h17,19,21,23,27,29,39-40,43-47,50-52H,3-16,18,20,22,24-26,28,30-38H2,1-2H3/b19-17+,23-21+,29-27+/t39-,40-,43+,44?,45?,46-/m1/s1. The Morgan fingerprint density at radius 1 is 0.554 bits per heavy atom. The number of carbonyl (C=O) groups excluding carboxylic acids is 2. The van der Waals surface area contributed by atoms with Gasteiger partial charge in [-0.2, -0.15) is 0 Å². The summed E-state index contributed by atoms with van der Waals surface area (Å²) in [5.74, 6) is -0.863. The third kappa shape index (κ3) is 28.3. The van der Waals surface area contributed by atoms with Crippen molar-refractivity contribution >= 4 is 11.9 Å². The van der Waals surface area contributed by atoms with E-state index in [1.807, 2.05) is 6.08 Å². The first-order chi connectivity index (χ1) is 27.3. The summed E-state index contributed by atoms with van der Waals surface area (Å²) < 4.78 is 22.1. The van der Waals surface area contributed by atoms with Crippen molar-refractivity contribution in [2.45, 2.75) is 224 Å². The summed E-state index contributed by atoms with van der Waals surface area (Å²) in [5.41, 5.74) is 0. The van der Waals surface area contributed by atoms with E-state index in [0.717, 1.165) is 38.5 Å². The van der Waals surface area contributed by atoms with Gasteiger partial charge in [0.05, 0.1) is 13.2 Å².